The molecule has 0 atom stereocenters. The lowest BCUT2D eigenvalue weighted by Gasteiger charge is -2.05. The second kappa shape index (κ2) is 3.26. The maximum absolute atomic E-state index is 6.06. The van der Waals surface area contributed by atoms with E-state index >= 15 is 0 Å². The van der Waals surface area contributed by atoms with Crippen molar-refractivity contribution in [3.8, 4) is 5.88 Å². The Hall–Kier alpha value is -0.990. The molecule has 3 rings (SSSR count). The van der Waals surface area contributed by atoms with Gasteiger partial charge in [0, 0.05) is 22.4 Å². The van der Waals surface area contributed by atoms with Crippen LogP contribution in [0.4, 0.5) is 0 Å². The molecule has 76 valence electrons. The minimum Gasteiger partial charge on any atom is -0.477 e. The Balaban J connectivity index is 2.44. The van der Waals surface area contributed by atoms with Gasteiger partial charge in [-0.2, -0.15) is 0 Å². The fourth-order valence-corrected chi connectivity index (χ4v) is 2.30. The zero-order chi connectivity index (χ0) is 10.4. The number of halogens is 2. The first-order valence-corrected chi connectivity index (χ1v) is 5.42. The van der Waals surface area contributed by atoms with Gasteiger partial charge >= 0.3 is 0 Å². The smallest absolute Gasteiger partial charge is 0.218 e. The van der Waals surface area contributed by atoms with Crippen LogP contribution in [0.3, 0.4) is 0 Å². The van der Waals surface area contributed by atoms with Gasteiger partial charge in [-0.3, -0.25) is 0 Å². The zero-order valence-electron chi connectivity index (χ0n) is 7.76. The van der Waals surface area contributed by atoms with Gasteiger partial charge in [-0.1, -0.05) is 29.3 Å². The summed E-state index contributed by atoms with van der Waals surface area (Å²) in [5.41, 5.74) is 1.13. The summed E-state index contributed by atoms with van der Waals surface area (Å²) in [7, 11) is 0. The predicted octanol–water partition coefficient (Wildman–Crippen LogP) is 3.48. The molecule has 0 saturated carbocycles. The highest BCUT2D eigenvalue weighted by atomic mass is 35.5. The van der Waals surface area contributed by atoms with Crippen LogP contribution in [0.25, 0.3) is 10.8 Å². The fraction of sp³-hybridized carbons (Fsp3) is 0.182. The summed E-state index contributed by atoms with van der Waals surface area (Å²) in [6.45, 7) is 0.681. The third-order valence-corrected chi connectivity index (χ3v) is 3.10. The van der Waals surface area contributed by atoms with Crippen molar-refractivity contribution < 1.29 is 4.74 Å². The molecule has 0 aliphatic carbocycles. The molecule has 2 heterocycles. The van der Waals surface area contributed by atoms with E-state index in [2.05, 4.69) is 4.98 Å². The summed E-state index contributed by atoms with van der Waals surface area (Å²) in [6.07, 6.45) is 0.887. The summed E-state index contributed by atoms with van der Waals surface area (Å²) >= 11 is 12.0. The molecule has 0 saturated heterocycles. The van der Waals surface area contributed by atoms with E-state index < -0.39 is 0 Å². The highest BCUT2D eigenvalue weighted by molar-refractivity contribution is 6.36. The minimum absolute atomic E-state index is 0.452. The van der Waals surface area contributed by atoms with Crippen LogP contribution >= 0.6 is 23.2 Å². The Bertz CT molecular complexity index is 554. The first-order valence-electron chi connectivity index (χ1n) is 4.66. The van der Waals surface area contributed by atoms with Gasteiger partial charge in [0.1, 0.15) is 5.15 Å². The zero-order valence-corrected chi connectivity index (χ0v) is 9.27. The number of hydrogen-bond donors (Lipinski definition) is 0. The van der Waals surface area contributed by atoms with Crippen LogP contribution < -0.4 is 4.74 Å². The molecule has 0 bridgehead atoms. The maximum atomic E-state index is 6.06. The van der Waals surface area contributed by atoms with Crippen molar-refractivity contribution in [2.75, 3.05) is 6.61 Å². The summed E-state index contributed by atoms with van der Waals surface area (Å²) in [5, 5.41) is 3.11. The number of hydrogen-bond acceptors (Lipinski definition) is 2. The maximum Gasteiger partial charge on any atom is 0.218 e. The topological polar surface area (TPSA) is 22.1 Å². The van der Waals surface area contributed by atoms with E-state index in [1.54, 1.807) is 0 Å². The van der Waals surface area contributed by atoms with Gasteiger partial charge < -0.3 is 4.74 Å². The summed E-state index contributed by atoms with van der Waals surface area (Å²) < 4.78 is 5.39. The van der Waals surface area contributed by atoms with Gasteiger partial charge in [-0.15, -0.1) is 0 Å². The highest BCUT2D eigenvalue weighted by Gasteiger charge is 2.19. The first-order chi connectivity index (χ1) is 7.25. The third kappa shape index (κ3) is 1.36. The molecule has 1 aromatic carbocycles. The molecule has 2 nitrogen and oxygen atoms in total. The quantitative estimate of drug-likeness (QED) is 0.657. The monoisotopic (exact) mass is 239 g/mol. The van der Waals surface area contributed by atoms with Crippen molar-refractivity contribution in [3.63, 3.8) is 0 Å². The van der Waals surface area contributed by atoms with Crippen LogP contribution in [0.5, 0.6) is 5.88 Å². The van der Waals surface area contributed by atoms with Gasteiger partial charge in [-0.05, 0) is 17.5 Å². The number of nitrogens with zero attached hydrogens (tertiary/aromatic N) is 1. The van der Waals surface area contributed by atoms with Crippen LogP contribution in [-0.2, 0) is 6.42 Å². The first kappa shape index (κ1) is 9.25. The van der Waals surface area contributed by atoms with Gasteiger partial charge in [0.15, 0.2) is 0 Å². The van der Waals surface area contributed by atoms with E-state index in [9.17, 15) is 0 Å². The van der Waals surface area contributed by atoms with E-state index in [0.29, 0.717) is 22.7 Å². The summed E-state index contributed by atoms with van der Waals surface area (Å²) in [4.78, 5) is 4.21. The lowest BCUT2D eigenvalue weighted by molar-refractivity contribution is 0.345. The van der Waals surface area contributed by atoms with Crippen LogP contribution in [0.1, 0.15) is 5.56 Å². The lowest BCUT2D eigenvalue weighted by atomic mass is 10.1. The van der Waals surface area contributed by atoms with Gasteiger partial charge in [0.25, 0.3) is 0 Å². The number of ether oxygens (including phenoxy) is 1. The second-order valence-electron chi connectivity index (χ2n) is 3.47. The van der Waals surface area contributed by atoms with Crippen LogP contribution in [0.2, 0.25) is 10.2 Å². The molecule has 0 fully saturated rings. The molecule has 1 aliphatic rings. The SMILES string of the molecule is Clc1ccc2c3c(nc(Cl)c2c1)OCC3. The molecule has 1 aromatic heterocycles. The van der Waals surface area contributed by atoms with Crippen LogP contribution in [0.15, 0.2) is 18.2 Å². The predicted molar refractivity (Wildman–Crippen MR) is 61.0 cm³/mol. The second-order valence-corrected chi connectivity index (χ2v) is 4.27. The summed E-state index contributed by atoms with van der Waals surface area (Å²) in [6, 6.07) is 5.67. The van der Waals surface area contributed by atoms with Crippen molar-refractivity contribution in [2.24, 2.45) is 0 Å². The molecule has 0 unspecified atom stereocenters. The van der Waals surface area contributed by atoms with Crippen molar-refractivity contribution in [3.05, 3.63) is 33.9 Å². The average Bonchev–Trinajstić information content (AvgIpc) is 2.66. The standard InChI is InChI=1S/C11H7Cl2NO/c12-6-1-2-7-8-3-4-15-11(8)14-10(13)9(7)5-6/h1-2,5H,3-4H2. The highest BCUT2D eigenvalue weighted by Crippen LogP contribution is 2.35. The Morgan fingerprint density at radius 1 is 1.20 bits per heavy atom. The number of aromatic nitrogens is 1. The number of rotatable bonds is 0. The molecular formula is C11H7Cl2NO. The van der Waals surface area contributed by atoms with E-state index in [-0.39, 0.29) is 0 Å². The third-order valence-electron chi connectivity index (χ3n) is 2.58. The number of benzene rings is 1. The Morgan fingerprint density at radius 3 is 2.93 bits per heavy atom. The molecule has 0 spiro atoms. The van der Waals surface area contributed by atoms with Crippen molar-refractivity contribution in [1.82, 2.24) is 4.98 Å². The molecule has 0 N–H and O–H groups in total. The molecular weight excluding hydrogens is 233 g/mol. The van der Waals surface area contributed by atoms with E-state index in [4.69, 9.17) is 27.9 Å². The largest absolute Gasteiger partial charge is 0.477 e. The Kier molecular flexibility index (Phi) is 2.01. The van der Waals surface area contributed by atoms with Gasteiger partial charge in [0.2, 0.25) is 5.88 Å². The molecule has 15 heavy (non-hydrogen) atoms. The van der Waals surface area contributed by atoms with Crippen LogP contribution in [-0.4, -0.2) is 11.6 Å². The van der Waals surface area contributed by atoms with Gasteiger partial charge in [-0.25, -0.2) is 4.98 Å². The molecule has 2 aromatic rings. The number of pyridine rings is 1. The van der Waals surface area contributed by atoms with Crippen molar-refractivity contribution >= 4 is 34.0 Å². The Morgan fingerprint density at radius 2 is 2.07 bits per heavy atom. The van der Waals surface area contributed by atoms with Crippen molar-refractivity contribution in [1.29, 1.82) is 0 Å². The lowest BCUT2D eigenvalue weighted by Crippen LogP contribution is -1.88. The van der Waals surface area contributed by atoms with E-state index in [1.807, 2.05) is 18.2 Å². The van der Waals surface area contributed by atoms with Crippen LogP contribution in [0, 0.1) is 0 Å². The normalized spacial score (nSPS) is 14.0. The minimum atomic E-state index is 0.452. The van der Waals surface area contributed by atoms with E-state index in [0.717, 1.165) is 22.8 Å². The average molecular weight is 240 g/mol. The Labute approximate surface area is 96.8 Å². The van der Waals surface area contributed by atoms with E-state index in [1.165, 1.54) is 0 Å². The fourth-order valence-electron chi connectivity index (χ4n) is 1.89. The van der Waals surface area contributed by atoms with Crippen molar-refractivity contribution in [2.45, 2.75) is 6.42 Å². The summed E-state index contributed by atoms with van der Waals surface area (Å²) in [5.74, 6) is 0.662. The molecule has 1 aliphatic heterocycles. The molecule has 4 heteroatoms. The van der Waals surface area contributed by atoms with Gasteiger partial charge in [0.05, 0.1) is 6.61 Å². The number of fused-ring (bicyclic) bond motifs is 3. The molecule has 0 amide bonds. The molecule has 0 radical (unpaired) electrons.